The molecule has 23 heavy (non-hydrogen) atoms. The van der Waals surface area contributed by atoms with Crippen molar-refractivity contribution in [2.24, 2.45) is 7.05 Å². The topological polar surface area (TPSA) is 60.5 Å². The van der Waals surface area contributed by atoms with Crippen LogP contribution in [-0.4, -0.2) is 40.1 Å². The Morgan fingerprint density at radius 1 is 1.35 bits per heavy atom. The van der Waals surface area contributed by atoms with Crippen molar-refractivity contribution in [2.75, 3.05) is 19.7 Å². The molecule has 3 heterocycles. The molecular weight excluding hydrogens is 294 g/mol. The van der Waals surface area contributed by atoms with E-state index in [2.05, 4.69) is 4.98 Å². The van der Waals surface area contributed by atoms with Crippen molar-refractivity contribution in [3.63, 3.8) is 0 Å². The van der Waals surface area contributed by atoms with Crippen molar-refractivity contribution >= 4 is 16.9 Å². The first-order chi connectivity index (χ1) is 11.2. The SMILES string of the molecule is Cn1cnc2cc(C(=O)N3CCOC(c4ccco4)C3)ccc21. The van der Waals surface area contributed by atoms with Crippen molar-refractivity contribution in [3.8, 4) is 0 Å². The molecule has 0 aliphatic carbocycles. The fourth-order valence-corrected chi connectivity index (χ4v) is 2.93. The summed E-state index contributed by atoms with van der Waals surface area (Å²) in [6.07, 6.45) is 3.16. The Morgan fingerprint density at radius 2 is 2.26 bits per heavy atom. The molecule has 0 bridgehead atoms. The molecule has 1 atom stereocenters. The predicted molar refractivity (Wildman–Crippen MR) is 84.0 cm³/mol. The molecule has 1 unspecified atom stereocenters. The number of aryl methyl sites for hydroxylation is 1. The highest BCUT2D eigenvalue weighted by Gasteiger charge is 2.27. The van der Waals surface area contributed by atoms with E-state index in [0.717, 1.165) is 16.8 Å². The summed E-state index contributed by atoms with van der Waals surface area (Å²) in [6, 6.07) is 9.33. The lowest BCUT2D eigenvalue weighted by Gasteiger charge is -2.32. The zero-order valence-electron chi connectivity index (χ0n) is 12.8. The summed E-state index contributed by atoms with van der Waals surface area (Å²) in [5.41, 5.74) is 2.49. The highest BCUT2D eigenvalue weighted by molar-refractivity contribution is 5.97. The van der Waals surface area contributed by atoms with Gasteiger partial charge >= 0.3 is 0 Å². The third-order valence-electron chi connectivity index (χ3n) is 4.19. The molecule has 6 heteroatoms. The maximum atomic E-state index is 12.8. The fraction of sp³-hybridized carbons (Fsp3) is 0.294. The van der Waals surface area contributed by atoms with Gasteiger partial charge in [-0.25, -0.2) is 4.98 Å². The molecule has 1 aromatic carbocycles. The van der Waals surface area contributed by atoms with Gasteiger partial charge in [0.1, 0.15) is 11.9 Å². The molecule has 3 aromatic rings. The van der Waals surface area contributed by atoms with Crippen LogP contribution in [-0.2, 0) is 11.8 Å². The number of carbonyl (C=O) groups is 1. The fourth-order valence-electron chi connectivity index (χ4n) is 2.93. The predicted octanol–water partition coefficient (Wildman–Crippen LogP) is 2.38. The highest BCUT2D eigenvalue weighted by atomic mass is 16.5. The van der Waals surface area contributed by atoms with E-state index in [0.29, 0.717) is 25.3 Å². The van der Waals surface area contributed by atoms with Gasteiger partial charge in [-0.15, -0.1) is 0 Å². The third kappa shape index (κ3) is 2.51. The number of fused-ring (bicyclic) bond motifs is 1. The standard InChI is InChI=1S/C17H17N3O3/c1-19-11-18-13-9-12(4-5-14(13)19)17(21)20-6-8-23-16(10-20)15-3-2-7-22-15/h2-5,7,9,11,16H,6,8,10H2,1H3. The molecule has 0 radical (unpaired) electrons. The van der Waals surface area contributed by atoms with Crippen LogP contribution in [0.2, 0.25) is 0 Å². The Labute approximate surface area is 133 Å². The molecule has 0 saturated carbocycles. The van der Waals surface area contributed by atoms with Gasteiger partial charge < -0.3 is 18.6 Å². The number of amides is 1. The van der Waals surface area contributed by atoms with Gasteiger partial charge in [0, 0.05) is 19.2 Å². The van der Waals surface area contributed by atoms with E-state index in [1.165, 1.54) is 0 Å². The van der Waals surface area contributed by atoms with Crippen molar-refractivity contribution in [1.29, 1.82) is 0 Å². The lowest BCUT2D eigenvalue weighted by molar-refractivity contribution is -0.0321. The Bertz CT molecular complexity index is 838. The van der Waals surface area contributed by atoms with E-state index in [1.54, 1.807) is 17.5 Å². The van der Waals surface area contributed by atoms with Crippen LogP contribution in [0.4, 0.5) is 0 Å². The molecule has 1 aliphatic rings. The summed E-state index contributed by atoms with van der Waals surface area (Å²) < 4.78 is 13.0. The van der Waals surface area contributed by atoms with Gasteiger partial charge in [-0.3, -0.25) is 4.79 Å². The minimum atomic E-state index is -0.207. The maximum Gasteiger partial charge on any atom is 0.254 e. The second-order valence-corrected chi connectivity index (χ2v) is 5.68. The van der Waals surface area contributed by atoms with E-state index < -0.39 is 0 Å². The zero-order valence-corrected chi connectivity index (χ0v) is 12.8. The van der Waals surface area contributed by atoms with Crippen molar-refractivity contribution in [1.82, 2.24) is 14.5 Å². The summed E-state index contributed by atoms with van der Waals surface area (Å²) in [7, 11) is 1.94. The van der Waals surface area contributed by atoms with Gasteiger partial charge in [0.05, 0.1) is 36.8 Å². The third-order valence-corrected chi connectivity index (χ3v) is 4.19. The van der Waals surface area contributed by atoms with Crippen molar-refractivity contribution in [3.05, 3.63) is 54.2 Å². The lowest BCUT2D eigenvalue weighted by Crippen LogP contribution is -2.42. The number of benzene rings is 1. The van der Waals surface area contributed by atoms with Crippen LogP contribution in [0, 0.1) is 0 Å². The maximum absolute atomic E-state index is 12.8. The number of nitrogens with zero attached hydrogens (tertiary/aromatic N) is 3. The first-order valence-corrected chi connectivity index (χ1v) is 7.58. The highest BCUT2D eigenvalue weighted by Crippen LogP contribution is 2.24. The monoisotopic (exact) mass is 311 g/mol. The largest absolute Gasteiger partial charge is 0.467 e. The van der Waals surface area contributed by atoms with Gasteiger partial charge in [-0.1, -0.05) is 0 Å². The van der Waals surface area contributed by atoms with Crippen LogP contribution < -0.4 is 0 Å². The van der Waals surface area contributed by atoms with Crippen LogP contribution in [0.3, 0.4) is 0 Å². The molecular formula is C17H17N3O3. The molecule has 4 rings (SSSR count). The number of rotatable bonds is 2. The van der Waals surface area contributed by atoms with E-state index in [9.17, 15) is 4.79 Å². The number of hydrogen-bond donors (Lipinski definition) is 0. The first kappa shape index (κ1) is 14.0. The number of ether oxygens (including phenoxy) is 1. The van der Waals surface area contributed by atoms with Gasteiger partial charge in [0.25, 0.3) is 5.91 Å². The van der Waals surface area contributed by atoms with Gasteiger partial charge in [0.15, 0.2) is 0 Å². The number of aromatic nitrogens is 2. The summed E-state index contributed by atoms with van der Waals surface area (Å²) in [5, 5.41) is 0. The molecule has 0 spiro atoms. The van der Waals surface area contributed by atoms with Crippen LogP contribution in [0.5, 0.6) is 0 Å². The smallest absolute Gasteiger partial charge is 0.254 e. The van der Waals surface area contributed by atoms with Crippen molar-refractivity contribution in [2.45, 2.75) is 6.10 Å². The number of furan rings is 1. The van der Waals surface area contributed by atoms with Crippen LogP contribution in [0.25, 0.3) is 11.0 Å². The Hall–Kier alpha value is -2.60. The molecule has 6 nitrogen and oxygen atoms in total. The molecule has 1 aliphatic heterocycles. The summed E-state index contributed by atoms with van der Waals surface area (Å²) >= 11 is 0. The molecule has 118 valence electrons. The average Bonchev–Trinajstić information content (AvgIpc) is 3.24. The number of morpholine rings is 1. The second kappa shape index (κ2) is 5.55. The number of imidazole rings is 1. The van der Waals surface area contributed by atoms with Crippen LogP contribution in [0.1, 0.15) is 22.2 Å². The minimum absolute atomic E-state index is 0.00240. The molecule has 1 fully saturated rings. The Morgan fingerprint density at radius 3 is 3.09 bits per heavy atom. The molecule has 1 saturated heterocycles. The first-order valence-electron chi connectivity index (χ1n) is 7.58. The minimum Gasteiger partial charge on any atom is -0.467 e. The van der Waals surface area contributed by atoms with Crippen LogP contribution >= 0.6 is 0 Å². The summed E-state index contributed by atoms with van der Waals surface area (Å²) in [6.45, 7) is 1.58. The van der Waals surface area contributed by atoms with E-state index in [1.807, 2.05) is 41.9 Å². The van der Waals surface area contributed by atoms with Gasteiger partial charge in [0.2, 0.25) is 0 Å². The average molecular weight is 311 g/mol. The lowest BCUT2D eigenvalue weighted by atomic mass is 10.1. The number of carbonyl (C=O) groups excluding carboxylic acids is 1. The molecule has 2 aromatic heterocycles. The second-order valence-electron chi connectivity index (χ2n) is 5.68. The molecule has 0 N–H and O–H groups in total. The molecule has 1 amide bonds. The zero-order chi connectivity index (χ0) is 15.8. The number of hydrogen-bond acceptors (Lipinski definition) is 4. The Balaban J connectivity index is 1.57. The van der Waals surface area contributed by atoms with E-state index in [-0.39, 0.29) is 12.0 Å². The van der Waals surface area contributed by atoms with Crippen molar-refractivity contribution < 1.29 is 13.9 Å². The summed E-state index contributed by atoms with van der Waals surface area (Å²) in [5.74, 6) is 0.750. The van der Waals surface area contributed by atoms with Gasteiger partial charge in [-0.05, 0) is 30.3 Å². The van der Waals surface area contributed by atoms with Gasteiger partial charge in [-0.2, -0.15) is 0 Å². The summed E-state index contributed by atoms with van der Waals surface area (Å²) in [4.78, 5) is 18.9. The Kier molecular flexibility index (Phi) is 3.38. The van der Waals surface area contributed by atoms with E-state index in [4.69, 9.17) is 9.15 Å². The quantitative estimate of drug-likeness (QED) is 0.729. The van der Waals surface area contributed by atoms with Crippen LogP contribution in [0.15, 0.2) is 47.3 Å². The van der Waals surface area contributed by atoms with E-state index >= 15 is 0 Å². The normalized spacial score (nSPS) is 18.5.